The molecule has 0 aromatic heterocycles. The molecule has 0 aromatic carbocycles. The predicted molar refractivity (Wildman–Crippen MR) is 55.6 cm³/mol. The van der Waals surface area contributed by atoms with Crippen molar-refractivity contribution in [1.29, 1.82) is 0 Å². The summed E-state index contributed by atoms with van der Waals surface area (Å²) in [7, 11) is 1.73. The number of thioether (sulfide) groups is 1. The number of aliphatic hydroxyl groups excluding tert-OH is 3. The molecule has 0 bridgehead atoms. The van der Waals surface area contributed by atoms with Crippen molar-refractivity contribution in [3.8, 4) is 0 Å². The summed E-state index contributed by atoms with van der Waals surface area (Å²) in [5.74, 6) is 0. The first kappa shape index (κ1) is 11.2. The molecule has 0 aliphatic carbocycles. The van der Waals surface area contributed by atoms with Gasteiger partial charge in [-0.2, -0.15) is 0 Å². The lowest BCUT2D eigenvalue weighted by molar-refractivity contribution is -0.164. The van der Waals surface area contributed by atoms with Crippen LogP contribution in [-0.4, -0.2) is 63.9 Å². The maximum Gasteiger partial charge on any atom is 0.159 e. The molecule has 0 unspecified atom stereocenters. The van der Waals surface area contributed by atoms with Crippen LogP contribution in [0, 0.1) is 0 Å². The highest BCUT2D eigenvalue weighted by Gasteiger charge is 2.47. The number of hydrogen-bond acceptors (Lipinski definition) is 7. The van der Waals surface area contributed by atoms with Crippen LogP contribution in [0.5, 0.6) is 0 Å². The Bertz CT molecular complexity index is 275. The van der Waals surface area contributed by atoms with Gasteiger partial charge in [-0.15, -0.1) is 0 Å². The zero-order valence-corrected chi connectivity index (χ0v) is 9.02. The van der Waals surface area contributed by atoms with Gasteiger partial charge in [-0.25, -0.2) is 0 Å². The third-order valence-electron chi connectivity index (χ3n) is 2.56. The quantitative estimate of drug-likeness (QED) is 0.424. The molecule has 15 heavy (non-hydrogen) atoms. The van der Waals surface area contributed by atoms with Gasteiger partial charge >= 0.3 is 0 Å². The third kappa shape index (κ3) is 1.85. The second-order valence-electron chi connectivity index (χ2n) is 3.50. The Kier molecular flexibility index (Phi) is 3.17. The number of amidine groups is 1. The number of aliphatic hydroxyl groups is 3. The van der Waals surface area contributed by atoms with E-state index in [0.29, 0.717) is 5.17 Å². The molecule has 2 rings (SSSR count). The average molecular weight is 234 g/mol. The van der Waals surface area contributed by atoms with Crippen molar-refractivity contribution in [1.82, 2.24) is 5.32 Å². The molecule has 2 aliphatic rings. The van der Waals surface area contributed by atoms with Crippen molar-refractivity contribution in [2.24, 2.45) is 4.99 Å². The number of rotatable bonds is 1. The fraction of sp³-hybridized carbons (Fsp3) is 0.875. The minimum Gasteiger partial charge on any atom is -0.394 e. The van der Waals surface area contributed by atoms with Crippen LogP contribution >= 0.6 is 11.8 Å². The van der Waals surface area contributed by atoms with Crippen LogP contribution < -0.4 is 5.32 Å². The summed E-state index contributed by atoms with van der Waals surface area (Å²) in [6.07, 6.45) is -2.81. The second-order valence-corrected chi connectivity index (χ2v) is 4.59. The molecule has 2 heterocycles. The average Bonchev–Trinajstić information content (AvgIpc) is 2.66. The van der Waals surface area contributed by atoms with Gasteiger partial charge in [-0.1, -0.05) is 11.8 Å². The van der Waals surface area contributed by atoms with E-state index in [1.54, 1.807) is 7.05 Å². The molecule has 7 heteroatoms. The van der Waals surface area contributed by atoms with E-state index in [2.05, 4.69) is 10.3 Å². The summed E-state index contributed by atoms with van der Waals surface area (Å²) >= 11 is 1.35. The Morgan fingerprint density at radius 1 is 1.47 bits per heavy atom. The normalized spacial score (nSPS) is 44.8. The van der Waals surface area contributed by atoms with Crippen LogP contribution in [0.4, 0.5) is 0 Å². The maximum absolute atomic E-state index is 9.77. The van der Waals surface area contributed by atoms with Gasteiger partial charge in [-0.05, 0) is 0 Å². The highest BCUT2D eigenvalue weighted by atomic mass is 32.2. The fourth-order valence-electron chi connectivity index (χ4n) is 1.70. The second kappa shape index (κ2) is 4.26. The Labute approximate surface area is 91.3 Å². The van der Waals surface area contributed by atoms with E-state index in [4.69, 9.17) is 9.84 Å². The lowest BCUT2D eigenvalue weighted by Gasteiger charge is -2.37. The molecule has 0 saturated carbocycles. The molecule has 1 saturated heterocycles. The zero-order chi connectivity index (χ0) is 11.0. The molecule has 2 aliphatic heterocycles. The number of nitrogens with one attached hydrogen (secondary N) is 1. The molecule has 0 radical (unpaired) electrons. The molecular weight excluding hydrogens is 220 g/mol. The summed E-state index contributed by atoms with van der Waals surface area (Å²) in [6, 6.07) is -0.463. The van der Waals surface area contributed by atoms with Gasteiger partial charge in [0.2, 0.25) is 0 Å². The lowest BCUT2D eigenvalue weighted by atomic mass is 9.99. The van der Waals surface area contributed by atoms with Gasteiger partial charge in [0.05, 0.1) is 6.61 Å². The van der Waals surface area contributed by atoms with Crippen LogP contribution in [0.15, 0.2) is 4.99 Å². The maximum atomic E-state index is 9.77. The molecule has 0 amide bonds. The molecule has 4 N–H and O–H groups in total. The number of ether oxygens (including phenoxy) is 1. The molecule has 6 nitrogen and oxygen atoms in total. The van der Waals surface area contributed by atoms with Crippen molar-refractivity contribution in [2.75, 3.05) is 13.7 Å². The summed E-state index contributed by atoms with van der Waals surface area (Å²) in [4.78, 5) is 4.18. The Morgan fingerprint density at radius 2 is 2.20 bits per heavy atom. The minimum atomic E-state index is -1.09. The topological polar surface area (TPSA) is 94.3 Å². The number of aliphatic imine (C=N–C) groups is 1. The van der Waals surface area contributed by atoms with Crippen LogP contribution in [0.1, 0.15) is 0 Å². The fourth-order valence-corrected chi connectivity index (χ4v) is 2.78. The van der Waals surface area contributed by atoms with Crippen LogP contribution in [-0.2, 0) is 4.74 Å². The smallest absolute Gasteiger partial charge is 0.159 e. The summed E-state index contributed by atoms with van der Waals surface area (Å²) in [6.45, 7) is -0.309. The first-order valence-corrected chi connectivity index (χ1v) is 5.60. The molecule has 86 valence electrons. The third-order valence-corrected chi connectivity index (χ3v) is 3.71. The molecule has 0 aromatic rings. The van der Waals surface area contributed by atoms with Crippen molar-refractivity contribution in [2.45, 2.75) is 29.8 Å². The summed E-state index contributed by atoms with van der Waals surface area (Å²) < 4.78 is 5.42. The van der Waals surface area contributed by atoms with Gasteiger partial charge in [0.1, 0.15) is 29.8 Å². The van der Waals surface area contributed by atoms with Crippen LogP contribution in [0.2, 0.25) is 0 Å². The van der Waals surface area contributed by atoms with E-state index in [-0.39, 0.29) is 12.0 Å². The molecular formula is C8H14N2O4S. The standard InChI is InChI=1S/C8H14N2O4S/c1-9-8-10-4-6(13)5(12)3(2-11)14-7(4)15-8/h3-7,11-13H,2H2,1H3,(H,9,10)/t3-,4-,5+,6+,7-/m1/s1. The highest BCUT2D eigenvalue weighted by molar-refractivity contribution is 8.14. The van der Waals surface area contributed by atoms with Crippen molar-refractivity contribution < 1.29 is 20.1 Å². The van der Waals surface area contributed by atoms with Crippen molar-refractivity contribution in [3.05, 3.63) is 0 Å². The first-order chi connectivity index (χ1) is 7.17. The number of nitrogens with zero attached hydrogens (tertiary/aromatic N) is 1. The van der Waals surface area contributed by atoms with Crippen molar-refractivity contribution >= 4 is 16.9 Å². The highest BCUT2D eigenvalue weighted by Crippen LogP contribution is 2.35. The van der Waals surface area contributed by atoms with Gasteiger partial charge in [0, 0.05) is 7.05 Å². The van der Waals surface area contributed by atoms with Gasteiger partial charge in [0.15, 0.2) is 5.17 Å². The van der Waals surface area contributed by atoms with Crippen molar-refractivity contribution in [3.63, 3.8) is 0 Å². The first-order valence-electron chi connectivity index (χ1n) is 4.72. The molecule has 5 atom stereocenters. The SMILES string of the molecule is CNC1=N[C@@H]2[C@H](O)[C@@H](O)[C@@H](CO)O[C@@H]2S1. The van der Waals surface area contributed by atoms with E-state index in [0.717, 1.165) is 0 Å². The monoisotopic (exact) mass is 234 g/mol. The minimum absolute atomic E-state index is 0.309. The Balaban J connectivity index is 2.12. The Hall–Kier alpha value is -0.340. The Morgan fingerprint density at radius 3 is 2.80 bits per heavy atom. The van der Waals surface area contributed by atoms with Gasteiger partial charge in [0.25, 0.3) is 0 Å². The molecule has 0 spiro atoms. The number of hydrogen-bond donors (Lipinski definition) is 4. The van der Waals surface area contributed by atoms with Crippen LogP contribution in [0.25, 0.3) is 0 Å². The van der Waals surface area contributed by atoms with E-state index in [9.17, 15) is 10.2 Å². The van der Waals surface area contributed by atoms with E-state index in [1.165, 1.54) is 11.8 Å². The van der Waals surface area contributed by atoms with E-state index >= 15 is 0 Å². The molecule has 1 fully saturated rings. The zero-order valence-electron chi connectivity index (χ0n) is 8.20. The lowest BCUT2D eigenvalue weighted by Crippen LogP contribution is -2.55. The summed E-state index contributed by atoms with van der Waals surface area (Å²) in [5, 5.41) is 31.9. The van der Waals surface area contributed by atoms with E-state index < -0.39 is 24.4 Å². The summed E-state index contributed by atoms with van der Waals surface area (Å²) in [5.41, 5.74) is -0.331. The predicted octanol–water partition coefficient (Wildman–Crippen LogP) is -1.88. The van der Waals surface area contributed by atoms with E-state index in [1.807, 2.05) is 0 Å². The van der Waals surface area contributed by atoms with Crippen LogP contribution in [0.3, 0.4) is 0 Å². The van der Waals surface area contributed by atoms with Gasteiger partial charge < -0.3 is 25.4 Å². The number of fused-ring (bicyclic) bond motifs is 1. The largest absolute Gasteiger partial charge is 0.394 e. The van der Waals surface area contributed by atoms with Gasteiger partial charge in [-0.3, -0.25) is 4.99 Å².